The minimum Gasteiger partial charge on any atom is -0.475 e. The SMILES string of the molecule is CCCS(=O)(=O)Oc1c(C(=O)c2ccc3c(c2C)C(C)(C)CS3(=O)=O)cnn1C.CCOc1ncccc1Oc1cc(-n2c(=O)cc(C(F)(F)F)n(C)c2=O)c(F)cc1Cl.COCCOCc1nc(C(F)(F)F)ccc1C(=O)C1C(=O)CCCC1=O.Cc1c(C(=O)c2c[nH]n(C)c2=O)ccc2c1C(C)(C)CS2(=O)=O. The number of rotatable bonds is 20. The number of alkyl halides is 6. The zero-order valence-corrected chi connectivity index (χ0v) is 63.8. The first-order valence-electron chi connectivity index (χ1n) is 33.1. The molecule has 3 aromatic carbocycles. The number of nitrogens with one attached hydrogen (secondary N) is 1. The van der Waals surface area contributed by atoms with E-state index >= 15 is 0 Å². The molecule has 0 spiro atoms. The molecule has 0 saturated heterocycles. The Balaban J connectivity index is 0.000000184. The van der Waals surface area contributed by atoms with Gasteiger partial charge in [-0.15, -0.1) is 0 Å². The van der Waals surface area contributed by atoms with Crippen LogP contribution in [0.5, 0.6) is 23.3 Å². The van der Waals surface area contributed by atoms with E-state index in [1.54, 1.807) is 27.7 Å². The number of carbonyl (C=O) groups is 5. The van der Waals surface area contributed by atoms with Crippen LogP contribution in [0.3, 0.4) is 0 Å². The maximum absolute atomic E-state index is 14.6. The van der Waals surface area contributed by atoms with Gasteiger partial charge >= 0.3 is 28.2 Å². The van der Waals surface area contributed by atoms with E-state index in [0.717, 1.165) is 25.2 Å². The Bertz CT molecular complexity index is 5480. The van der Waals surface area contributed by atoms with E-state index in [1.807, 2.05) is 27.7 Å². The van der Waals surface area contributed by atoms with E-state index in [9.17, 15) is 94.3 Å². The lowest BCUT2D eigenvalue weighted by Crippen LogP contribution is -2.41. The average molecular weight is 1610 g/mol. The van der Waals surface area contributed by atoms with Crippen LogP contribution in [0.1, 0.15) is 149 Å². The molecule has 1 fully saturated rings. The Morgan fingerprint density at radius 3 is 1.83 bits per heavy atom. The first-order chi connectivity index (χ1) is 50.7. The first kappa shape index (κ1) is 84.8. The number of ether oxygens (including phenoxy) is 4. The number of hydrogen-bond donors (Lipinski definition) is 1. The summed E-state index contributed by atoms with van der Waals surface area (Å²) in [5.74, 6) is -5.62. The fourth-order valence-corrected chi connectivity index (χ4v) is 18.4. The van der Waals surface area contributed by atoms with Crippen molar-refractivity contribution in [1.82, 2.24) is 38.7 Å². The minimum atomic E-state index is -4.95. The van der Waals surface area contributed by atoms with Crippen LogP contribution in [0.2, 0.25) is 5.02 Å². The second-order valence-electron chi connectivity index (χ2n) is 26.5. The highest BCUT2D eigenvalue weighted by molar-refractivity contribution is 7.92. The van der Waals surface area contributed by atoms with E-state index in [1.165, 1.54) is 85.6 Å². The number of H-pyrrole nitrogens is 1. The third-order valence-electron chi connectivity index (χ3n) is 17.5. The molecule has 1 saturated carbocycles. The highest BCUT2D eigenvalue weighted by Crippen LogP contribution is 2.45. The number of methoxy groups -OCH3 is 1. The molecular formula is C71H74ClF7N8O19S3. The standard InChI is InChI=1S/C19H14ClF4N3O4.C19H24N2O6S2.C17H18F3NO5.C16H18N2O4S/c1-3-30-17-13(5-4-6-25-17)31-14-8-12(11(21)7-10(14)20)27-16(28)9-15(19(22,23)24)26(2)18(27)29;1-6-9-29(25,26)27-18-14(10-20-21(18)5)17(22)13-7-8-15-16(12(13)2)19(3,4)11-28(15,23)24;1-25-7-8-26-9-11-10(5-6-14(21-11)17(18,19)20)16(24)15-12(22)3-2-4-13(15)23;1-9-10(14(19)11-7-17-18(4)15(11)20)5-6-12-13(9)16(2,3)8-23(12,21)22/h4-9H,3H2,1-2H3;7-8,10H,6,9,11H2,1-5H3;5-6,15H,2-4,7-9H2,1H3;5-7,17H,8H2,1-4H3. The molecule has 7 heterocycles. The van der Waals surface area contributed by atoms with Gasteiger partial charge in [0.15, 0.2) is 54.3 Å². The van der Waals surface area contributed by atoms with Crippen LogP contribution in [0.25, 0.3) is 5.69 Å². The summed E-state index contributed by atoms with van der Waals surface area (Å²) in [6.07, 6.45) is -4.63. The van der Waals surface area contributed by atoms with E-state index < -0.39 is 128 Å². The van der Waals surface area contributed by atoms with Crippen molar-refractivity contribution in [3.63, 3.8) is 0 Å². The molecule has 3 aliphatic rings. The summed E-state index contributed by atoms with van der Waals surface area (Å²) in [4.78, 5) is 107. The molecule has 0 atom stereocenters. The highest BCUT2D eigenvalue weighted by atomic mass is 35.5. The highest BCUT2D eigenvalue weighted by Gasteiger charge is 2.45. The number of hydrogen-bond acceptors (Lipinski definition) is 22. The largest absolute Gasteiger partial charge is 0.475 e. The summed E-state index contributed by atoms with van der Waals surface area (Å²) in [5, 5.41) is 6.43. The van der Waals surface area contributed by atoms with Crippen molar-refractivity contribution in [2.24, 2.45) is 27.1 Å². The molecule has 0 unspecified atom stereocenters. The predicted molar refractivity (Wildman–Crippen MR) is 379 cm³/mol. The van der Waals surface area contributed by atoms with Crippen molar-refractivity contribution in [3.8, 4) is 28.9 Å². The molecular weight excluding hydrogens is 1530 g/mol. The second-order valence-corrected chi connectivity index (χ2v) is 32.5. The van der Waals surface area contributed by atoms with Gasteiger partial charge in [-0.25, -0.2) is 45.2 Å². The molecule has 2 aliphatic heterocycles. The Kier molecular flexibility index (Phi) is 25.5. The van der Waals surface area contributed by atoms with E-state index in [2.05, 4.69) is 20.2 Å². The molecule has 0 radical (unpaired) electrons. The molecule has 109 heavy (non-hydrogen) atoms. The fourth-order valence-electron chi connectivity index (χ4n) is 12.7. The molecule has 0 amide bonds. The van der Waals surface area contributed by atoms with Crippen LogP contribution in [0.15, 0.2) is 109 Å². The van der Waals surface area contributed by atoms with Crippen LogP contribution in [0.4, 0.5) is 30.7 Å². The van der Waals surface area contributed by atoms with Gasteiger partial charge in [-0.3, -0.25) is 42.8 Å². The van der Waals surface area contributed by atoms with Gasteiger partial charge in [0.05, 0.1) is 76.1 Å². The van der Waals surface area contributed by atoms with Crippen LogP contribution in [-0.2, 0) is 99.8 Å². The Morgan fingerprint density at radius 2 is 1.31 bits per heavy atom. The molecule has 27 nitrogen and oxygen atoms in total. The van der Waals surface area contributed by atoms with E-state index in [0.29, 0.717) is 57.2 Å². The molecule has 1 aliphatic carbocycles. The van der Waals surface area contributed by atoms with Gasteiger partial charge < -0.3 is 28.2 Å². The monoisotopic (exact) mass is 1610 g/mol. The summed E-state index contributed by atoms with van der Waals surface area (Å²) in [7, 11) is -5.34. The normalized spacial score (nSPS) is 15.4. The van der Waals surface area contributed by atoms with Gasteiger partial charge in [-0.2, -0.15) is 39.9 Å². The number of aryl methyl sites for hydroxylation is 2. The second kappa shape index (κ2) is 32.8. The third-order valence-corrected chi connectivity index (χ3v) is 23.3. The number of carbonyl (C=O) groups excluding carboxylic acids is 5. The summed E-state index contributed by atoms with van der Waals surface area (Å²) >= 11 is 6.02. The lowest BCUT2D eigenvalue weighted by atomic mass is 9.81. The summed E-state index contributed by atoms with van der Waals surface area (Å²) in [6.45, 7) is 14.4. The number of Topliss-reactive ketones (excluding diaryl/α,β-unsaturated/α-hetero) is 3. The Labute approximate surface area is 624 Å². The topological polar surface area (TPSA) is 359 Å². The Morgan fingerprint density at radius 1 is 0.743 bits per heavy atom. The zero-order valence-electron chi connectivity index (χ0n) is 60.6. The van der Waals surface area contributed by atoms with Crippen LogP contribution < -0.4 is 30.5 Å². The quantitative estimate of drug-likeness (QED) is 0.0244. The number of fused-ring (bicyclic) bond motifs is 2. The molecule has 5 aromatic heterocycles. The predicted octanol–water partition coefficient (Wildman–Crippen LogP) is 9.78. The van der Waals surface area contributed by atoms with Crippen LogP contribution in [0, 0.1) is 25.6 Å². The van der Waals surface area contributed by atoms with Gasteiger partial charge in [0.1, 0.15) is 40.0 Å². The number of halogens is 8. The van der Waals surface area contributed by atoms with Crippen molar-refractivity contribution in [3.05, 3.63) is 195 Å². The van der Waals surface area contributed by atoms with Crippen molar-refractivity contribution >= 4 is 70.3 Å². The zero-order chi connectivity index (χ0) is 81.2. The smallest absolute Gasteiger partial charge is 0.433 e. The fraction of sp³-hybridized carbons (Fsp3) is 0.394. The maximum Gasteiger partial charge on any atom is 0.433 e. The first-order valence-corrected chi connectivity index (χ1v) is 38.3. The van der Waals surface area contributed by atoms with Gasteiger partial charge in [-0.05, 0) is 110 Å². The lowest BCUT2D eigenvalue weighted by Gasteiger charge is -2.20. The van der Waals surface area contributed by atoms with Crippen molar-refractivity contribution in [2.45, 2.75) is 121 Å². The van der Waals surface area contributed by atoms with Crippen molar-refractivity contribution < 1.29 is 103 Å². The number of sulfone groups is 2. The van der Waals surface area contributed by atoms with Crippen molar-refractivity contribution in [2.75, 3.05) is 44.2 Å². The van der Waals surface area contributed by atoms with Gasteiger partial charge in [0.2, 0.25) is 5.88 Å². The summed E-state index contributed by atoms with van der Waals surface area (Å²) in [5.41, 5.74) is -4.92. The van der Waals surface area contributed by atoms with Crippen LogP contribution in [-0.4, -0.2) is 137 Å². The number of aromatic amines is 1. The van der Waals surface area contributed by atoms with E-state index in [-0.39, 0.29) is 127 Å². The van der Waals surface area contributed by atoms with Gasteiger partial charge in [-0.1, -0.05) is 46.2 Å². The van der Waals surface area contributed by atoms with E-state index in [4.69, 9.17) is 34.7 Å². The van der Waals surface area contributed by atoms with Crippen molar-refractivity contribution in [1.29, 1.82) is 0 Å². The third kappa shape index (κ3) is 18.4. The van der Waals surface area contributed by atoms with Gasteiger partial charge in [0, 0.05) is 93.1 Å². The maximum atomic E-state index is 14.6. The number of pyridine rings is 2. The lowest BCUT2D eigenvalue weighted by molar-refractivity contribution is -0.144. The van der Waals surface area contributed by atoms with Crippen LogP contribution >= 0.6 is 11.6 Å². The van der Waals surface area contributed by atoms with Gasteiger partial charge in [0.25, 0.3) is 17.0 Å². The summed E-state index contributed by atoms with van der Waals surface area (Å²) in [6, 6.07) is 12.4. The number of nitrogens with zero attached hydrogens (tertiary/aromatic N) is 7. The molecule has 586 valence electrons. The Hall–Kier alpha value is -9.82. The number of benzene rings is 3. The molecule has 8 aromatic rings. The average Bonchev–Trinajstić information content (AvgIpc) is 1.58. The molecule has 0 bridgehead atoms. The molecule has 11 rings (SSSR count). The summed E-state index contributed by atoms with van der Waals surface area (Å²) < 4.78 is 195. The number of ketones is 5. The number of aromatic nitrogens is 8. The molecule has 38 heteroatoms. The minimum absolute atomic E-state index is 0.00823. The molecule has 1 N–H and O–H groups in total.